The van der Waals surface area contributed by atoms with E-state index in [0.29, 0.717) is 23.7 Å². The Morgan fingerprint density at radius 3 is 1.37 bits per heavy atom. The molecule has 246 valence electrons. The Morgan fingerprint density at radius 2 is 1.02 bits per heavy atom. The van der Waals surface area contributed by atoms with E-state index in [1.807, 2.05) is 72.8 Å². The molecule has 0 aliphatic heterocycles. The third-order valence-corrected chi connectivity index (χ3v) is 4.60. The molecule has 0 amide bonds. The number of carbonyl (C=O) groups excluding carboxylic acids is 1. The summed E-state index contributed by atoms with van der Waals surface area (Å²) in [7, 11) is -9.89. The zero-order valence-electron chi connectivity index (χ0n) is 23.5. The number of esters is 1. The Bertz CT molecular complexity index is 1470. The number of nitrogens with one attached hydrogen (secondary N) is 1. The van der Waals surface area contributed by atoms with E-state index in [4.69, 9.17) is 42.0 Å². The summed E-state index contributed by atoms with van der Waals surface area (Å²) in [6, 6.07) is 24.6. The van der Waals surface area contributed by atoms with E-state index < -0.39 is 26.5 Å². The number of aromatic nitrogens is 6. The fourth-order valence-corrected chi connectivity index (χ4v) is 3.03. The molecule has 0 bridgehead atoms. The number of hydrogen-bond donors (Lipinski definition) is 1. The quantitative estimate of drug-likeness (QED) is 0.0990. The van der Waals surface area contributed by atoms with Crippen LogP contribution in [0, 0.1) is 20.5 Å². The standard InChI is InChI=1S/C15H11N3.C11H11N3O2.2ClHO4.H2O.Ru/c1-3-10-16-12(6-1)14-8-5-9-15(18-14)13-7-2-4-11-17-13;1-2-16-11(15)10-7-9(13-14-10)8-5-3-4-6-12-8;2*2-1(3,4)5;;/h1-11H;3-7H,2H2,1H3,(H,13,14);2*(H,2,3,4,5);1H2;/q;;;;;+2/p-1. The first-order valence-corrected chi connectivity index (χ1v) is 14.4. The maximum Gasteiger partial charge on any atom is 2.00 e. The van der Waals surface area contributed by atoms with E-state index in [-0.39, 0.29) is 25.0 Å². The normalized spacial score (nSPS) is 10.1. The molecule has 20 heteroatoms. The van der Waals surface area contributed by atoms with Gasteiger partial charge in [-0.05, 0) is 55.5 Å². The smallest absolute Gasteiger partial charge is 0.461 e. The fraction of sp³-hybridized carbons (Fsp3) is 0.0769. The number of aromatic amines is 1. The Morgan fingerprint density at radius 1 is 0.652 bits per heavy atom. The van der Waals surface area contributed by atoms with Crippen molar-refractivity contribution in [3.8, 4) is 34.2 Å². The van der Waals surface area contributed by atoms with E-state index in [9.17, 15) is 4.79 Å². The van der Waals surface area contributed by atoms with Crippen LogP contribution in [0.4, 0.5) is 0 Å². The van der Waals surface area contributed by atoms with Crippen molar-refractivity contribution in [3.05, 3.63) is 103 Å². The average molecular weight is 769 g/mol. The molecule has 0 saturated heterocycles. The molecule has 0 saturated carbocycles. The van der Waals surface area contributed by atoms with Crippen LogP contribution in [0.3, 0.4) is 0 Å². The van der Waals surface area contributed by atoms with Gasteiger partial charge in [-0.3, -0.25) is 20.1 Å². The first kappa shape index (κ1) is 42.1. The van der Waals surface area contributed by atoms with Crippen molar-refractivity contribution < 1.29 is 92.2 Å². The van der Waals surface area contributed by atoms with Crippen molar-refractivity contribution in [2.45, 2.75) is 6.92 Å². The van der Waals surface area contributed by atoms with Crippen molar-refractivity contribution in [2.75, 3.05) is 6.61 Å². The van der Waals surface area contributed by atoms with E-state index in [2.05, 4.69) is 30.1 Å². The Balaban J connectivity index is 0.000000664. The summed E-state index contributed by atoms with van der Waals surface area (Å²) < 4.78 is 72.8. The van der Waals surface area contributed by atoms with Crippen LogP contribution in [0.2, 0.25) is 0 Å². The van der Waals surface area contributed by atoms with E-state index in [1.54, 1.807) is 31.6 Å². The molecule has 0 fully saturated rings. The second-order valence-electron chi connectivity index (χ2n) is 7.70. The van der Waals surface area contributed by atoms with Crippen molar-refractivity contribution in [1.29, 1.82) is 0 Å². The van der Waals surface area contributed by atoms with Crippen LogP contribution < -0.4 is 37.3 Å². The van der Waals surface area contributed by atoms with Crippen molar-refractivity contribution >= 4 is 5.97 Å². The molecule has 0 aromatic carbocycles. The van der Waals surface area contributed by atoms with Crippen LogP contribution in [0.1, 0.15) is 17.4 Å². The van der Waals surface area contributed by atoms with E-state index >= 15 is 0 Å². The molecular formula is C26H25Cl2N6O11Ru+. The molecule has 0 aliphatic rings. The zero-order chi connectivity index (χ0) is 32.6. The van der Waals surface area contributed by atoms with Crippen LogP contribution >= 0.6 is 0 Å². The SMILES string of the molecule is CCOC(=O)c1cc(-c2ccccn2)n[nH]1.[O-][Cl+3]([O-])([O-])[O-].[O-][Cl+3]([O-])([O-])[O-].[OH3+].[Ru+2].c1ccc(-c2cccc(-c3ccccn3)n2)nc1. The number of rotatable bonds is 5. The summed E-state index contributed by atoms with van der Waals surface area (Å²) in [5.74, 6) is -0.405. The number of carbonyl (C=O) groups is 1. The van der Waals surface area contributed by atoms with Crippen LogP contribution in [-0.2, 0) is 29.7 Å². The minimum absolute atomic E-state index is 0. The first-order chi connectivity index (χ1) is 20.7. The van der Waals surface area contributed by atoms with Gasteiger partial charge in [0.2, 0.25) is 0 Å². The van der Waals surface area contributed by atoms with Crippen LogP contribution in [0.15, 0.2) is 97.5 Å². The van der Waals surface area contributed by atoms with Gasteiger partial charge in [-0.1, -0.05) is 24.3 Å². The van der Waals surface area contributed by atoms with Gasteiger partial charge in [0, 0.05) is 24.7 Å². The summed E-state index contributed by atoms with van der Waals surface area (Å²) >= 11 is 0. The molecule has 4 N–H and O–H groups in total. The van der Waals surface area contributed by atoms with Crippen molar-refractivity contribution in [1.82, 2.24) is 30.1 Å². The molecule has 46 heavy (non-hydrogen) atoms. The third kappa shape index (κ3) is 18.2. The Kier molecular flexibility index (Phi) is 19.2. The summed E-state index contributed by atoms with van der Waals surface area (Å²) in [6.45, 7) is 2.10. The van der Waals surface area contributed by atoms with Gasteiger partial charge in [0.15, 0.2) is 0 Å². The molecule has 5 rings (SSSR count). The fourth-order valence-electron chi connectivity index (χ4n) is 3.03. The summed E-state index contributed by atoms with van der Waals surface area (Å²) in [5.41, 5.74) is 5.14. The van der Waals surface area contributed by atoms with Gasteiger partial charge in [0.1, 0.15) is 11.4 Å². The molecule has 0 atom stereocenters. The van der Waals surface area contributed by atoms with Gasteiger partial charge in [0.05, 0.1) is 35.1 Å². The number of hydrogen-bond acceptors (Lipinski definition) is 15. The monoisotopic (exact) mass is 769 g/mol. The third-order valence-electron chi connectivity index (χ3n) is 4.60. The number of pyridine rings is 4. The predicted octanol–water partition coefficient (Wildman–Crippen LogP) is -5.58. The Labute approximate surface area is 278 Å². The number of nitrogens with zero attached hydrogens (tertiary/aromatic N) is 5. The number of halogens is 2. The molecule has 5 heterocycles. The maximum atomic E-state index is 11.4. The predicted molar refractivity (Wildman–Crippen MR) is 133 cm³/mol. The molecule has 0 radical (unpaired) electrons. The van der Waals surface area contributed by atoms with Crippen LogP contribution in [0.25, 0.3) is 34.2 Å². The molecule has 0 spiro atoms. The second-order valence-corrected chi connectivity index (χ2v) is 9.21. The molecule has 5 aromatic rings. The van der Waals surface area contributed by atoms with Gasteiger partial charge in [0.25, 0.3) is 0 Å². The van der Waals surface area contributed by atoms with Gasteiger partial charge < -0.3 is 10.2 Å². The van der Waals surface area contributed by atoms with Crippen LogP contribution in [0.5, 0.6) is 0 Å². The molecule has 17 nitrogen and oxygen atoms in total. The van der Waals surface area contributed by atoms with E-state index in [0.717, 1.165) is 22.8 Å². The second kappa shape index (κ2) is 21.0. The number of H-pyrrole nitrogens is 1. The summed E-state index contributed by atoms with van der Waals surface area (Å²) in [4.78, 5) is 28.7. The minimum atomic E-state index is -4.94. The zero-order valence-corrected chi connectivity index (χ0v) is 26.7. The summed E-state index contributed by atoms with van der Waals surface area (Å²) in [6.07, 6.45) is 5.21. The Hall–Kier alpha value is -3.88. The topological polar surface area (TPSA) is 324 Å². The molecule has 5 aromatic heterocycles. The van der Waals surface area contributed by atoms with Gasteiger partial charge in [-0.25, -0.2) is 47.1 Å². The van der Waals surface area contributed by atoms with Gasteiger partial charge in [-0.2, -0.15) is 5.10 Å². The van der Waals surface area contributed by atoms with Gasteiger partial charge >= 0.3 is 25.4 Å². The maximum absolute atomic E-state index is 11.4. The van der Waals surface area contributed by atoms with Crippen LogP contribution in [-0.4, -0.2) is 42.7 Å². The van der Waals surface area contributed by atoms with Crippen molar-refractivity contribution in [2.24, 2.45) is 0 Å². The first-order valence-electron chi connectivity index (χ1n) is 11.9. The average Bonchev–Trinajstić information content (AvgIpc) is 3.48. The van der Waals surface area contributed by atoms with Crippen molar-refractivity contribution in [3.63, 3.8) is 0 Å². The van der Waals surface area contributed by atoms with Gasteiger partial charge in [-0.15, -0.1) is 20.5 Å². The summed E-state index contributed by atoms with van der Waals surface area (Å²) in [5, 5.41) is 6.63. The molecular weight excluding hydrogens is 744 g/mol. The molecule has 0 aliphatic carbocycles. The number of ether oxygens (including phenoxy) is 1. The minimum Gasteiger partial charge on any atom is -0.461 e. The largest absolute Gasteiger partial charge is 2.00 e. The van der Waals surface area contributed by atoms with E-state index in [1.165, 1.54) is 0 Å². The molecule has 0 unspecified atom stereocenters.